The number of nitrogens with one attached hydrogen (secondary N) is 1. The number of hydrogen-bond donors (Lipinski definition) is 1. The Labute approximate surface area is 103 Å². The Bertz CT molecular complexity index is 303. The van der Waals surface area contributed by atoms with E-state index in [9.17, 15) is 0 Å². The fraction of sp³-hybridized carbons (Fsp3) is 0.750. The number of halogens is 1. The number of aryl methyl sites for hydroxylation is 1. The average molecular weight is 244 g/mol. The summed E-state index contributed by atoms with van der Waals surface area (Å²) in [6.07, 6.45) is 4.33. The van der Waals surface area contributed by atoms with Gasteiger partial charge < -0.3 is 5.32 Å². The van der Waals surface area contributed by atoms with Crippen molar-refractivity contribution in [1.29, 1.82) is 0 Å². The zero-order valence-corrected chi connectivity index (χ0v) is 11.4. The first kappa shape index (κ1) is 13.5. The lowest BCUT2D eigenvalue weighted by molar-refractivity contribution is 0.411. The fourth-order valence-electron chi connectivity index (χ4n) is 1.69. The molecule has 0 saturated heterocycles. The smallest absolute Gasteiger partial charge is 0.0815 e. The molecule has 1 N–H and O–H groups in total. The van der Waals surface area contributed by atoms with Gasteiger partial charge in [0.25, 0.3) is 0 Å². The van der Waals surface area contributed by atoms with Crippen molar-refractivity contribution in [3.63, 3.8) is 0 Å². The highest BCUT2D eigenvalue weighted by Crippen LogP contribution is 2.15. The summed E-state index contributed by atoms with van der Waals surface area (Å²) in [7, 11) is 0. The third-order valence-electron chi connectivity index (χ3n) is 2.79. The van der Waals surface area contributed by atoms with E-state index in [4.69, 9.17) is 11.6 Å². The van der Waals surface area contributed by atoms with E-state index in [0.717, 1.165) is 17.3 Å². The largest absolute Gasteiger partial charge is 0.312 e. The van der Waals surface area contributed by atoms with Crippen molar-refractivity contribution in [3.8, 4) is 0 Å². The van der Waals surface area contributed by atoms with E-state index in [1.54, 1.807) is 0 Å². The summed E-state index contributed by atoms with van der Waals surface area (Å²) in [5.74, 6) is 0. The second-order valence-corrected chi connectivity index (χ2v) is 4.90. The Morgan fingerprint density at radius 2 is 2.19 bits per heavy atom. The van der Waals surface area contributed by atoms with Crippen LogP contribution in [0.5, 0.6) is 0 Å². The van der Waals surface area contributed by atoms with Crippen LogP contribution in [0.3, 0.4) is 0 Å². The van der Waals surface area contributed by atoms with Crippen LogP contribution in [-0.2, 0) is 0 Å². The van der Waals surface area contributed by atoms with Crippen molar-refractivity contribution in [3.05, 3.63) is 16.9 Å². The minimum Gasteiger partial charge on any atom is -0.312 e. The van der Waals surface area contributed by atoms with Crippen LogP contribution >= 0.6 is 11.6 Å². The molecule has 0 amide bonds. The standard InChI is InChI=1S/C12H22ClN3/c1-5-6-9(2)14-7-10(3)16-8-12(13)11(4)15-16/h8-10,14H,5-7H2,1-4H3. The van der Waals surface area contributed by atoms with Gasteiger partial charge in [-0.25, -0.2) is 0 Å². The van der Waals surface area contributed by atoms with Crippen molar-refractivity contribution in [2.45, 2.75) is 52.6 Å². The summed E-state index contributed by atoms with van der Waals surface area (Å²) in [6, 6.07) is 0.907. The van der Waals surface area contributed by atoms with Gasteiger partial charge in [0.1, 0.15) is 0 Å². The normalized spacial score (nSPS) is 15.1. The highest BCUT2D eigenvalue weighted by atomic mass is 35.5. The summed E-state index contributed by atoms with van der Waals surface area (Å²) < 4.78 is 1.93. The molecule has 2 unspecified atom stereocenters. The van der Waals surface area contributed by atoms with Crippen LogP contribution in [0.1, 0.15) is 45.3 Å². The predicted molar refractivity (Wildman–Crippen MR) is 69.1 cm³/mol. The molecule has 1 heterocycles. The van der Waals surface area contributed by atoms with Crippen molar-refractivity contribution >= 4 is 11.6 Å². The highest BCUT2D eigenvalue weighted by Gasteiger charge is 2.09. The Morgan fingerprint density at radius 1 is 1.50 bits per heavy atom. The van der Waals surface area contributed by atoms with Gasteiger partial charge in [0.2, 0.25) is 0 Å². The van der Waals surface area contributed by atoms with Gasteiger partial charge in [0.05, 0.1) is 16.8 Å². The van der Waals surface area contributed by atoms with Crippen LogP contribution in [0.25, 0.3) is 0 Å². The molecule has 4 heteroatoms. The van der Waals surface area contributed by atoms with Gasteiger partial charge in [0.15, 0.2) is 0 Å². The van der Waals surface area contributed by atoms with Crippen molar-refractivity contribution < 1.29 is 0 Å². The molecule has 3 nitrogen and oxygen atoms in total. The van der Waals surface area contributed by atoms with Crippen LogP contribution in [0.4, 0.5) is 0 Å². The Morgan fingerprint density at radius 3 is 2.69 bits per heavy atom. The van der Waals surface area contributed by atoms with E-state index in [2.05, 4.69) is 31.2 Å². The minimum atomic E-state index is 0.338. The second kappa shape index (κ2) is 6.26. The molecular formula is C12H22ClN3. The van der Waals surface area contributed by atoms with E-state index in [1.807, 2.05) is 17.8 Å². The van der Waals surface area contributed by atoms with E-state index >= 15 is 0 Å². The zero-order chi connectivity index (χ0) is 12.1. The highest BCUT2D eigenvalue weighted by molar-refractivity contribution is 6.31. The van der Waals surface area contributed by atoms with E-state index < -0.39 is 0 Å². The number of hydrogen-bond acceptors (Lipinski definition) is 2. The molecule has 0 aliphatic carbocycles. The molecule has 1 aromatic heterocycles. The zero-order valence-electron chi connectivity index (χ0n) is 10.6. The number of rotatable bonds is 6. The topological polar surface area (TPSA) is 29.9 Å². The van der Waals surface area contributed by atoms with Gasteiger partial charge in [-0.1, -0.05) is 24.9 Å². The maximum absolute atomic E-state index is 5.98. The molecule has 0 bridgehead atoms. The lowest BCUT2D eigenvalue weighted by Crippen LogP contribution is -2.31. The van der Waals surface area contributed by atoms with Crippen LogP contribution in [0.2, 0.25) is 5.02 Å². The van der Waals surface area contributed by atoms with Gasteiger partial charge >= 0.3 is 0 Å². The predicted octanol–water partition coefficient (Wildman–Crippen LogP) is 3.18. The Kier molecular flexibility index (Phi) is 5.29. The van der Waals surface area contributed by atoms with Crippen molar-refractivity contribution in [2.24, 2.45) is 0 Å². The molecule has 0 aliphatic heterocycles. The molecule has 1 rings (SSSR count). The lowest BCUT2D eigenvalue weighted by atomic mass is 10.2. The van der Waals surface area contributed by atoms with E-state index in [0.29, 0.717) is 12.1 Å². The number of nitrogens with zero attached hydrogens (tertiary/aromatic N) is 2. The summed E-state index contributed by atoms with van der Waals surface area (Å²) in [4.78, 5) is 0. The summed E-state index contributed by atoms with van der Waals surface area (Å²) in [5.41, 5.74) is 0.898. The van der Waals surface area contributed by atoms with Gasteiger partial charge in [0, 0.05) is 18.8 Å². The van der Waals surface area contributed by atoms with Crippen LogP contribution in [0, 0.1) is 6.92 Å². The molecule has 1 aromatic rings. The van der Waals surface area contributed by atoms with E-state index in [-0.39, 0.29) is 0 Å². The van der Waals surface area contributed by atoms with Gasteiger partial charge in [-0.15, -0.1) is 0 Å². The first-order valence-electron chi connectivity index (χ1n) is 5.99. The lowest BCUT2D eigenvalue weighted by Gasteiger charge is -2.17. The summed E-state index contributed by atoms with van der Waals surface area (Å²) >= 11 is 5.98. The van der Waals surface area contributed by atoms with Gasteiger partial charge in [-0.2, -0.15) is 5.10 Å². The quantitative estimate of drug-likeness (QED) is 0.832. The van der Waals surface area contributed by atoms with Crippen molar-refractivity contribution in [1.82, 2.24) is 15.1 Å². The molecule has 0 saturated carbocycles. The third-order valence-corrected chi connectivity index (χ3v) is 3.16. The maximum Gasteiger partial charge on any atom is 0.0815 e. The SMILES string of the molecule is CCCC(C)NCC(C)n1cc(Cl)c(C)n1. The molecular weight excluding hydrogens is 222 g/mol. The molecule has 16 heavy (non-hydrogen) atoms. The first-order valence-corrected chi connectivity index (χ1v) is 6.37. The molecule has 2 atom stereocenters. The fourth-order valence-corrected chi connectivity index (χ4v) is 1.82. The van der Waals surface area contributed by atoms with Gasteiger partial charge in [-0.3, -0.25) is 4.68 Å². The Balaban J connectivity index is 2.43. The molecule has 0 radical (unpaired) electrons. The summed E-state index contributed by atoms with van der Waals surface area (Å²) in [5, 5.41) is 8.63. The summed E-state index contributed by atoms with van der Waals surface area (Å²) in [6.45, 7) is 9.43. The van der Waals surface area contributed by atoms with Crippen LogP contribution in [0.15, 0.2) is 6.20 Å². The van der Waals surface area contributed by atoms with Crippen LogP contribution in [-0.4, -0.2) is 22.4 Å². The third kappa shape index (κ3) is 3.80. The van der Waals surface area contributed by atoms with Gasteiger partial charge in [-0.05, 0) is 27.2 Å². The molecule has 0 spiro atoms. The maximum atomic E-state index is 5.98. The second-order valence-electron chi connectivity index (χ2n) is 4.49. The minimum absolute atomic E-state index is 0.338. The average Bonchev–Trinajstić information content (AvgIpc) is 2.56. The first-order chi connectivity index (χ1) is 7.54. The van der Waals surface area contributed by atoms with E-state index in [1.165, 1.54) is 12.8 Å². The molecule has 0 aliphatic rings. The monoisotopic (exact) mass is 243 g/mol. The Hall–Kier alpha value is -0.540. The van der Waals surface area contributed by atoms with Crippen molar-refractivity contribution in [2.75, 3.05) is 6.54 Å². The molecule has 0 fully saturated rings. The molecule has 0 aromatic carbocycles. The molecule has 92 valence electrons. The number of aromatic nitrogens is 2. The van der Waals surface area contributed by atoms with Crippen LogP contribution < -0.4 is 5.32 Å².